The minimum Gasteiger partial charge on any atom is -0.465 e. The van der Waals surface area contributed by atoms with Gasteiger partial charge in [-0.2, -0.15) is 0 Å². The molecule has 1 fully saturated rings. The maximum atomic E-state index is 12.4. The number of amides is 1. The molecule has 2 rings (SSSR count). The number of ether oxygens (including phenoxy) is 2. The van der Waals surface area contributed by atoms with Crippen LogP contribution in [0.4, 0.5) is 5.69 Å². The van der Waals surface area contributed by atoms with Crippen LogP contribution in [-0.4, -0.2) is 37.7 Å². The highest BCUT2D eigenvalue weighted by Crippen LogP contribution is 2.23. The van der Waals surface area contributed by atoms with Crippen LogP contribution < -0.4 is 11.1 Å². The van der Waals surface area contributed by atoms with Crippen molar-refractivity contribution in [3.63, 3.8) is 0 Å². The molecule has 6 nitrogen and oxygen atoms in total. The first-order chi connectivity index (χ1) is 9.98. The average molecular weight is 292 g/mol. The van der Waals surface area contributed by atoms with Gasteiger partial charge in [0.1, 0.15) is 5.54 Å². The van der Waals surface area contributed by atoms with E-state index >= 15 is 0 Å². The van der Waals surface area contributed by atoms with Crippen molar-refractivity contribution in [3.8, 4) is 0 Å². The van der Waals surface area contributed by atoms with Crippen LogP contribution in [0.1, 0.15) is 28.8 Å². The fraction of sp³-hybridized carbons (Fsp3) is 0.467. The number of benzene rings is 1. The number of methoxy groups -OCH3 is 1. The Labute approximate surface area is 123 Å². The maximum absolute atomic E-state index is 12.4. The summed E-state index contributed by atoms with van der Waals surface area (Å²) in [6, 6.07) is 5.09. The lowest BCUT2D eigenvalue weighted by molar-refractivity contribution is -0.124. The molecule has 1 aliphatic rings. The highest BCUT2D eigenvalue weighted by atomic mass is 16.5. The van der Waals surface area contributed by atoms with Gasteiger partial charge in [-0.3, -0.25) is 4.79 Å². The van der Waals surface area contributed by atoms with Gasteiger partial charge in [-0.25, -0.2) is 4.79 Å². The molecule has 1 amide bonds. The number of carbonyl (C=O) groups is 2. The minimum atomic E-state index is -0.925. The van der Waals surface area contributed by atoms with E-state index in [0.29, 0.717) is 42.9 Å². The minimum absolute atomic E-state index is 0.254. The van der Waals surface area contributed by atoms with Crippen molar-refractivity contribution in [3.05, 3.63) is 29.3 Å². The Bertz CT molecular complexity index is 551. The van der Waals surface area contributed by atoms with Crippen LogP contribution in [-0.2, 0) is 14.3 Å². The van der Waals surface area contributed by atoms with E-state index in [9.17, 15) is 9.59 Å². The highest BCUT2D eigenvalue weighted by Gasteiger charge is 2.36. The van der Waals surface area contributed by atoms with E-state index < -0.39 is 11.5 Å². The first-order valence-corrected chi connectivity index (χ1v) is 6.84. The predicted molar refractivity (Wildman–Crippen MR) is 78.1 cm³/mol. The molecule has 1 aromatic carbocycles. The van der Waals surface area contributed by atoms with Crippen LogP contribution in [0.25, 0.3) is 0 Å². The molecule has 114 valence electrons. The third-order valence-corrected chi connectivity index (χ3v) is 3.82. The largest absolute Gasteiger partial charge is 0.465 e. The predicted octanol–water partition coefficient (Wildman–Crippen LogP) is 1.23. The van der Waals surface area contributed by atoms with Crippen LogP contribution >= 0.6 is 0 Å². The van der Waals surface area contributed by atoms with Gasteiger partial charge in [0.05, 0.1) is 12.7 Å². The van der Waals surface area contributed by atoms with Gasteiger partial charge in [0.15, 0.2) is 0 Å². The van der Waals surface area contributed by atoms with E-state index in [2.05, 4.69) is 5.32 Å². The fourth-order valence-electron chi connectivity index (χ4n) is 2.31. The summed E-state index contributed by atoms with van der Waals surface area (Å²) in [7, 11) is 1.32. The number of nitrogens with one attached hydrogen (secondary N) is 1. The first-order valence-electron chi connectivity index (χ1n) is 6.84. The molecule has 1 aromatic rings. The standard InChI is InChI=1S/C15H20N2O4/c1-10-11(13(18)20-2)4-3-5-12(10)17-14(19)15(16)6-8-21-9-7-15/h3-5H,6-9,16H2,1-2H3,(H,17,19). The van der Waals surface area contributed by atoms with Crippen molar-refractivity contribution in [2.75, 3.05) is 25.6 Å². The quantitative estimate of drug-likeness (QED) is 0.818. The Hall–Kier alpha value is -1.92. The summed E-state index contributed by atoms with van der Waals surface area (Å²) in [6.45, 7) is 2.71. The summed E-state index contributed by atoms with van der Waals surface area (Å²) < 4.78 is 9.95. The summed E-state index contributed by atoms with van der Waals surface area (Å²) >= 11 is 0. The van der Waals surface area contributed by atoms with Gasteiger partial charge < -0.3 is 20.5 Å². The van der Waals surface area contributed by atoms with Crippen molar-refractivity contribution in [2.24, 2.45) is 5.73 Å². The zero-order valence-electron chi connectivity index (χ0n) is 12.3. The van der Waals surface area contributed by atoms with E-state index in [0.717, 1.165) is 0 Å². The third-order valence-electron chi connectivity index (χ3n) is 3.82. The second kappa shape index (κ2) is 6.24. The van der Waals surface area contributed by atoms with Crippen LogP contribution in [0, 0.1) is 6.92 Å². The molecule has 0 saturated carbocycles. The molecule has 3 N–H and O–H groups in total. The van der Waals surface area contributed by atoms with Gasteiger partial charge in [-0.15, -0.1) is 0 Å². The number of hydrogen-bond acceptors (Lipinski definition) is 5. The molecule has 0 atom stereocenters. The Morgan fingerprint density at radius 2 is 2.00 bits per heavy atom. The summed E-state index contributed by atoms with van der Waals surface area (Å²) in [4.78, 5) is 24.0. The second-order valence-corrected chi connectivity index (χ2v) is 5.19. The monoisotopic (exact) mass is 292 g/mol. The number of esters is 1. The Morgan fingerprint density at radius 3 is 2.62 bits per heavy atom. The van der Waals surface area contributed by atoms with E-state index in [1.807, 2.05) is 0 Å². The summed E-state index contributed by atoms with van der Waals surface area (Å²) in [5.41, 5.74) is 6.87. The molecule has 21 heavy (non-hydrogen) atoms. The normalized spacial score (nSPS) is 17.1. The van der Waals surface area contributed by atoms with E-state index in [4.69, 9.17) is 15.2 Å². The number of carbonyl (C=O) groups excluding carboxylic acids is 2. The number of hydrogen-bond donors (Lipinski definition) is 2. The maximum Gasteiger partial charge on any atom is 0.338 e. The fourth-order valence-corrected chi connectivity index (χ4v) is 2.31. The van der Waals surface area contributed by atoms with Gasteiger partial charge >= 0.3 is 5.97 Å². The number of rotatable bonds is 3. The Balaban J connectivity index is 2.19. The molecule has 6 heteroatoms. The van der Waals surface area contributed by atoms with Crippen molar-refractivity contribution >= 4 is 17.6 Å². The van der Waals surface area contributed by atoms with Gasteiger partial charge in [-0.05, 0) is 37.5 Å². The van der Waals surface area contributed by atoms with Gasteiger partial charge in [0.2, 0.25) is 5.91 Å². The lowest BCUT2D eigenvalue weighted by Crippen LogP contribution is -2.54. The van der Waals surface area contributed by atoms with Crippen LogP contribution in [0.3, 0.4) is 0 Å². The van der Waals surface area contributed by atoms with E-state index in [1.54, 1.807) is 25.1 Å². The van der Waals surface area contributed by atoms with Gasteiger partial charge in [0.25, 0.3) is 0 Å². The average Bonchev–Trinajstić information content (AvgIpc) is 2.49. The molecule has 0 aromatic heterocycles. The molecular weight excluding hydrogens is 272 g/mol. The van der Waals surface area contributed by atoms with Gasteiger partial charge in [-0.1, -0.05) is 6.07 Å². The van der Waals surface area contributed by atoms with Crippen LogP contribution in [0.2, 0.25) is 0 Å². The molecule has 0 bridgehead atoms. The zero-order valence-corrected chi connectivity index (χ0v) is 12.3. The molecule has 0 radical (unpaired) electrons. The van der Waals surface area contributed by atoms with Crippen molar-refractivity contribution in [1.82, 2.24) is 0 Å². The van der Waals surface area contributed by atoms with E-state index in [1.165, 1.54) is 7.11 Å². The van der Waals surface area contributed by atoms with E-state index in [-0.39, 0.29) is 5.91 Å². The van der Waals surface area contributed by atoms with Crippen LogP contribution in [0.5, 0.6) is 0 Å². The second-order valence-electron chi connectivity index (χ2n) is 5.19. The smallest absolute Gasteiger partial charge is 0.338 e. The lowest BCUT2D eigenvalue weighted by Gasteiger charge is -2.32. The van der Waals surface area contributed by atoms with Crippen molar-refractivity contribution in [1.29, 1.82) is 0 Å². The number of anilines is 1. The zero-order chi connectivity index (χ0) is 15.5. The highest BCUT2D eigenvalue weighted by molar-refractivity contribution is 6.00. The molecule has 1 saturated heterocycles. The van der Waals surface area contributed by atoms with Crippen molar-refractivity contribution in [2.45, 2.75) is 25.3 Å². The van der Waals surface area contributed by atoms with Crippen LogP contribution in [0.15, 0.2) is 18.2 Å². The molecule has 1 heterocycles. The third kappa shape index (κ3) is 3.22. The summed E-state index contributed by atoms with van der Waals surface area (Å²) in [5.74, 6) is -0.687. The van der Waals surface area contributed by atoms with Crippen molar-refractivity contribution < 1.29 is 19.1 Å². The molecule has 1 aliphatic heterocycles. The molecule has 0 aliphatic carbocycles. The SMILES string of the molecule is COC(=O)c1cccc(NC(=O)C2(N)CCOCC2)c1C. The Kier molecular flexibility index (Phi) is 4.59. The summed E-state index contributed by atoms with van der Waals surface area (Å²) in [5, 5.41) is 2.81. The number of nitrogens with two attached hydrogens (primary N) is 1. The molecular formula is C15H20N2O4. The first kappa shape index (κ1) is 15.5. The summed E-state index contributed by atoms with van der Waals surface area (Å²) in [6.07, 6.45) is 0.961. The Morgan fingerprint density at radius 1 is 1.33 bits per heavy atom. The topological polar surface area (TPSA) is 90.7 Å². The molecule has 0 unspecified atom stereocenters. The van der Waals surface area contributed by atoms with Gasteiger partial charge in [0, 0.05) is 18.9 Å². The lowest BCUT2D eigenvalue weighted by atomic mass is 9.90. The molecule has 0 spiro atoms.